The van der Waals surface area contributed by atoms with E-state index in [4.69, 9.17) is 5.11 Å². The average molecular weight is 360 g/mol. The molecule has 2 aromatic carbocycles. The summed E-state index contributed by atoms with van der Waals surface area (Å²) in [5, 5.41) is 8.21. The Morgan fingerprint density at radius 1 is 0.926 bits per heavy atom. The minimum absolute atomic E-state index is 0.185. The van der Waals surface area contributed by atoms with E-state index in [-0.39, 0.29) is 5.56 Å². The molecule has 2 aliphatic rings. The first-order valence-corrected chi connectivity index (χ1v) is 9.17. The van der Waals surface area contributed by atoms with Crippen LogP contribution < -0.4 is 0 Å². The Kier molecular flexibility index (Phi) is 4.63. The SMILES string of the molecule is O=C(O)c1ccoc1.O=C1Cc2ccccc2-c2ccc3c(c21)CCCC3. The van der Waals surface area contributed by atoms with E-state index in [0.29, 0.717) is 12.2 Å². The number of carbonyl (C=O) groups excluding carboxylic acids is 1. The van der Waals surface area contributed by atoms with Crippen LogP contribution in [0, 0.1) is 0 Å². The van der Waals surface area contributed by atoms with Crippen molar-refractivity contribution in [2.24, 2.45) is 0 Å². The highest BCUT2D eigenvalue weighted by molar-refractivity contribution is 6.08. The monoisotopic (exact) mass is 360 g/mol. The fraction of sp³-hybridized carbons (Fsp3) is 0.217. The third-order valence-corrected chi connectivity index (χ3v) is 5.24. The van der Waals surface area contributed by atoms with Crippen LogP contribution in [0.4, 0.5) is 0 Å². The third kappa shape index (κ3) is 3.31. The lowest BCUT2D eigenvalue weighted by Gasteiger charge is -2.25. The third-order valence-electron chi connectivity index (χ3n) is 5.24. The second-order valence-electron chi connectivity index (χ2n) is 6.91. The lowest BCUT2D eigenvalue weighted by Crippen LogP contribution is -2.18. The summed E-state index contributed by atoms with van der Waals surface area (Å²) in [5.74, 6) is -0.647. The number of carboxylic acid groups (broad SMARTS) is 1. The van der Waals surface area contributed by atoms with E-state index in [0.717, 1.165) is 24.0 Å². The van der Waals surface area contributed by atoms with Gasteiger partial charge in [0.15, 0.2) is 5.78 Å². The van der Waals surface area contributed by atoms with Gasteiger partial charge in [-0.1, -0.05) is 36.4 Å². The molecule has 136 valence electrons. The number of carboxylic acids is 1. The molecule has 0 saturated carbocycles. The minimum atomic E-state index is -0.959. The fourth-order valence-corrected chi connectivity index (χ4v) is 3.96. The molecule has 4 heteroatoms. The lowest BCUT2D eigenvalue weighted by atomic mass is 9.78. The summed E-state index contributed by atoms with van der Waals surface area (Å²) in [7, 11) is 0. The Balaban J connectivity index is 0.000000190. The summed E-state index contributed by atoms with van der Waals surface area (Å²) in [6, 6.07) is 14.1. The Morgan fingerprint density at radius 2 is 1.74 bits per heavy atom. The molecular weight excluding hydrogens is 340 g/mol. The van der Waals surface area contributed by atoms with Crippen LogP contribution in [-0.2, 0) is 19.3 Å². The Labute approximate surface area is 157 Å². The highest BCUT2D eigenvalue weighted by Crippen LogP contribution is 2.38. The highest BCUT2D eigenvalue weighted by atomic mass is 16.4. The van der Waals surface area contributed by atoms with Crippen molar-refractivity contribution in [1.82, 2.24) is 0 Å². The number of benzene rings is 2. The normalized spacial score (nSPS) is 14.3. The molecule has 27 heavy (non-hydrogen) atoms. The van der Waals surface area contributed by atoms with Gasteiger partial charge in [-0.05, 0) is 59.6 Å². The zero-order chi connectivity index (χ0) is 18.8. The molecule has 1 heterocycles. The standard InChI is InChI=1S/C18H16O.C5H4O3/c19-17-11-13-6-2-3-7-14(13)16-10-9-12-5-1-4-8-15(12)18(16)17;6-5(7)4-1-2-8-3-4/h2-3,6-7,9-10H,1,4-5,8,11H2;1-3H,(H,6,7). The van der Waals surface area contributed by atoms with Crippen molar-refractivity contribution in [3.05, 3.63) is 82.8 Å². The van der Waals surface area contributed by atoms with Gasteiger partial charge in [0.05, 0.1) is 11.8 Å². The Morgan fingerprint density at radius 3 is 2.48 bits per heavy atom. The van der Waals surface area contributed by atoms with Crippen molar-refractivity contribution in [1.29, 1.82) is 0 Å². The molecule has 4 nitrogen and oxygen atoms in total. The van der Waals surface area contributed by atoms with E-state index in [1.165, 1.54) is 53.7 Å². The van der Waals surface area contributed by atoms with Crippen molar-refractivity contribution in [2.45, 2.75) is 32.1 Å². The van der Waals surface area contributed by atoms with Gasteiger partial charge < -0.3 is 9.52 Å². The van der Waals surface area contributed by atoms with Crippen LogP contribution in [0.25, 0.3) is 11.1 Å². The van der Waals surface area contributed by atoms with Crippen LogP contribution in [0.15, 0.2) is 59.4 Å². The Bertz CT molecular complexity index is 999. The van der Waals surface area contributed by atoms with Crippen molar-refractivity contribution in [3.63, 3.8) is 0 Å². The van der Waals surface area contributed by atoms with Gasteiger partial charge >= 0.3 is 5.97 Å². The van der Waals surface area contributed by atoms with Gasteiger partial charge in [0.25, 0.3) is 0 Å². The highest BCUT2D eigenvalue weighted by Gasteiger charge is 2.27. The number of furan rings is 1. The van der Waals surface area contributed by atoms with Crippen LogP contribution in [0.1, 0.15) is 50.2 Å². The van der Waals surface area contributed by atoms with Gasteiger partial charge in [-0.25, -0.2) is 4.79 Å². The number of Topliss-reactive ketones (excluding diaryl/α,β-unsaturated/α-hetero) is 1. The van der Waals surface area contributed by atoms with E-state index < -0.39 is 5.97 Å². The first-order chi connectivity index (χ1) is 13.1. The summed E-state index contributed by atoms with van der Waals surface area (Å²) in [6.45, 7) is 0. The van der Waals surface area contributed by atoms with E-state index in [1.807, 2.05) is 6.07 Å². The minimum Gasteiger partial charge on any atom is -0.478 e. The van der Waals surface area contributed by atoms with Gasteiger partial charge in [0.1, 0.15) is 6.26 Å². The maximum Gasteiger partial charge on any atom is 0.338 e. The molecule has 2 aliphatic carbocycles. The molecule has 0 radical (unpaired) electrons. The van der Waals surface area contributed by atoms with Gasteiger partial charge in [-0.2, -0.15) is 0 Å². The lowest BCUT2D eigenvalue weighted by molar-refractivity contribution is 0.0696. The fourth-order valence-electron chi connectivity index (χ4n) is 3.96. The molecular formula is C23H20O4. The molecule has 0 unspecified atom stereocenters. The molecule has 0 atom stereocenters. The summed E-state index contributed by atoms with van der Waals surface area (Å²) >= 11 is 0. The van der Waals surface area contributed by atoms with E-state index >= 15 is 0 Å². The first-order valence-electron chi connectivity index (χ1n) is 9.17. The molecule has 1 aromatic heterocycles. The van der Waals surface area contributed by atoms with Crippen molar-refractivity contribution < 1.29 is 19.1 Å². The van der Waals surface area contributed by atoms with Gasteiger partial charge in [-0.3, -0.25) is 4.79 Å². The predicted octanol–water partition coefficient (Wildman–Crippen LogP) is 4.95. The zero-order valence-corrected chi connectivity index (χ0v) is 14.9. The van der Waals surface area contributed by atoms with Gasteiger partial charge in [0.2, 0.25) is 0 Å². The quantitative estimate of drug-likeness (QED) is 0.667. The second kappa shape index (κ2) is 7.23. The van der Waals surface area contributed by atoms with Crippen LogP contribution in [0.2, 0.25) is 0 Å². The molecule has 0 amide bonds. The van der Waals surface area contributed by atoms with Gasteiger partial charge in [0, 0.05) is 12.0 Å². The number of fused-ring (bicyclic) bond motifs is 5. The summed E-state index contributed by atoms with van der Waals surface area (Å²) in [5.41, 5.74) is 7.54. The van der Waals surface area contributed by atoms with Crippen molar-refractivity contribution >= 4 is 11.8 Å². The van der Waals surface area contributed by atoms with E-state index in [9.17, 15) is 9.59 Å². The van der Waals surface area contributed by atoms with Crippen LogP contribution >= 0.6 is 0 Å². The number of hydrogen-bond acceptors (Lipinski definition) is 3. The predicted molar refractivity (Wildman–Crippen MR) is 102 cm³/mol. The van der Waals surface area contributed by atoms with Crippen LogP contribution in [0.3, 0.4) is 0 Å². The number of carbonyl (C=O) groups is 2. The second-order valence-corrected chi connectivity index (χ2v) is 6.91. The van der Waals surface area contributed by atoms with Gasteiger partial charge in [-0.15, -0.1) is 0 Å². The molecule has 0 bridgehead atoms. The summed E-state index contributed by atoms with van der Waals surface area (Å²) in [6.07, 6.45) is 7.77. The molecule has 0 fully saturated rings. The van der Waals surface area contributed by atoms with Crippen molar-refractivity contribution in [2.75, 3.05) is 0 Å². The topological polar surface area (TPSA) is 67.5 Å². The maximum absolute atomic E-state index is 12.5. The van der Waals surface area contributed by atoms with Crippen LogP contribution in [0.5, 0.6) is 0 Å². The smallest absolute Gasteiger partial charge is 0.338 e. The van der Waals surface area contributed by atoms with Crippen LogP contribution in [-0.4, -0.2) is 16.9 Å². The first kappa shape index (κ1) is 17.3. The van der Waals surface area contributed by atoms with E-state index in [1.54, 1.807) is 0 Å². The maximum atomic E-state index is 12.5. The Hall–Kier alpha value is -3.14. The summed E-state index contributed by atoms with van der Waals surface area (Å²) < 4.78 is 4.49. The van der Waals surface area contributed by atoms with E-state index in [2.05, 4.69) is 34.7 Å². The number of rotatable bonds is 1. The number of hydrogen-bond donors (Lipinski definition) is 1. The number of ketones is 1. The molecule has 3 aromatic rings. The molecule has 0 saturated heterocycles. The molecule has 0 aliphatic heterocycles. The molecule has 5 rings (SSSR count). The number of aryl methyl sites for hydroxylation is 1. The number of aromatic carboxylic acids is 1. The largest absolute Gasteiger partial charge is 0.478 e. The average Bonchev–Trinajstić information content (AvgIpc) is 3.23. The molecule has 0 spiro atoms. The van der Waals surface area contributed by atoms with Crippen molar-refractivity contribution in [3.8, 4) is 11.1 Å². The molecule has 1 N–H and O–H groups in total. The zero-order valence-electron chi connectivity index (χ0n) is 14.9. The summed E-state index contributed by atoms with van der Waals surface area (Å²) in [4.78, 5) is 22.5.